The van der Waals surface area contributed by atoms with Gasteiger partial charge in [0.15, 0.2) is 11.5 Å². The minimum absolute atomic E-state index is 0.143. The molecule has 2 amide bonds. The van der Waals surface area contributed by atoms with Crippen molar-refractivity contribution in [3.63, 3.8) is 0 Å². The summed E-state index contributed by atoms with van der Waals surface area (Å²) in [4.78, 5) is 26.8. The van der Waals surface area contributed by atoms with E-state index in [1.165, 1.54) is 16.7 Å². The van der Waals surface area contributed by atoms with Crippen molar-refractivity contribution in [1.29, 1.82) is 0 Å². The molecule has 10 heteroatoms. The Morgan fingerprint density at radius 2 is 2.04 bits per heavy atom. The number of ether oxygens (including phenoxy) is 3. The summed E-state index contributed by atoms with van der Waals surface area (Å²) in [5.74, 6) is 1.02. The van der Waals surface area contributed by atoms with E-state index >= 15 is 0 Å². The normalized spacial score (nSPS) is 20.9. The van der Waals surface area contributed by atoms with Crippen molar-refractivity contribution >= 4 is 46.2 Å². The average Bonchev–Trinajstić information content (AvgIpc) is 3.25. The van der Waals surface area contributed by atoms with E-state index in [0.29, 0.717) is 47.0 Å². The number of nitrogens with one attached hydrogen (secondary N) is 1. The molecule has 0 saturated carbocycles. The lowest BCUT2D eigenvalue weighted by molar-refractivity contribution is -0.128. The summed E-state index contributed by atoms with van der Waals surface area (Å²) in [7, 11) is 0. The van der Waals surface area contributed by atoms with Gasteiger partial charge in [-0.2, -0.15) is 0 Å². The third kappa shape index (κ3) is 4.30. The van der Waals surface area contributed by atoms with Gasteiger partial charge in [0.2, 0.25) is 12.7 Å². The number of thioether (sulfide) groups is 1. The maximum atomic E-state index is 12.7. The summed E-state index contributed by atoms with van der Waals surface area (Å²) in [6.07, 6.45) is 1.95. The van der Waals surface area contributed by atoms with Gasteiger partial charge >= 0.3 is 0 Å². The lowest BCUT2D eigenvalue weighted by atomic mass is 10.2. The number of benzene rings is 1. The van der Waals surface area contributed by atoms with Gasteiger partial charge < -0.3 is 14.2 Å². The first-order valence-corrected chi connectivity index (χ1v) is 10.1. The highest BCUT2D eigenvalue weighted by atomic mass is 32.2. The van der Waals surface area contributed by atoms with Gasteiger partial charge in [0, 0.05) is 26.1 Å². The van der Waals surface area contributed by atoms with Crippen LogP contribution in [-0.4, -0.2) is 65.7 Å². The molecule has 1 aromatic rings. The molecule has 2 fully saturated rings. The Labute approximate surface area is 171 Å². The third-order valence-corrected chi connectivity index (χ3v) is 5.80. The quantitative estimate of drug-likeness (QED) is 0.564. The van der Waals surface area contributed by atoms with Crippen molar-refractivity contribution < 1.29 is 23.8 Å². The molecule has 0 unspecified atom stereocenters. The Kier molecular flexibility index (Phi) is 5.81. The molecule has 3 aliphatic heterocycles. The number of carbonyl (C=O) groups is 2. The summed E-state index contributed by atoms with van der Waals surface area (Å²) in [5.41, 5.74) is 3.66. The monoisotopic (exact) mass is 421 g/mol. The van der Waals surface area contributed by atoms with E-state index in [-0.39, 0.29) is 31.6 Å². The first-order chi connectivity index (χ1) is 13.6. The Hall–Kier alpha value is -2.14. The van der Waals surface area contributed by atoms with Crippen LogP contribution in [0.3, 0.4) is 0 Å². The molecular weight excluding hydrogens is 402 g/mol. The van der Waals surface area contributed by atoms with Gasteiger partial charge in [0.05, 0.1) is 18.1 Å². The number of fused-ring (bicyclic) bond motifs is 1. The smallest absolute Gasteiger partial charge is 0.266 e. The summed E-state index contributed by atoms with van der Waals surface area (Å²) in [5, 5.41) is 1.83. The standard InChI is InChI=1S/C18H19N3O5S2/c22-16(19-20-5-7-24-8-6-20)3-4-21-17(23)15(28-18(21)27)10-12-1-2-13-14(9-12)26-11-25-13/h1-2,9-10H,3-8,11H2,(H,19,22)/b15-10-. The lowest BCUT2D eigenvalue weighted by Gasteiger charge is -2.27. The van der Waals surface area contributed by atoms with Gasteiger partial charge in [-0.3, -0.25) is 19.9 Å². The maximum Gasteiger partial charge on any atom is 0.266 e. The molecule has 2 saturated heterocycles. The predicted octanol–water partition coefficient (Wildman–Crippen LogP) is 1.37. The van der Waals surface area contributed by atoms with Crippen LogP contribution in [0.25, 0.3) is 6.08 Å². The second-order valence-electron chi connectivity index (χ2n) is 6.33. The van der Waals surface area contributed by atoms with Crippen molar-refractivity contribution in [2.45, 2.75) is 6.42 Å². The number of hydrogen-bond acceptors (Lipinski definition) is 8. The van der Waals surface area contributed by atoms with Crippen LogP contribution in [0.5, 0.6) is 11.5 Å². The number of thiocarbonyl (C=S) groups is 1. The molecule has 0 aliphatic carbocycles. The fourth-order valence-electron chi connectivity index (χ4n) is 2.97. The number of amides is 2. The zero-order valence-corrected chi connectivity index (χ0v) is 16.6. The first-order valence-electron chi connectivity index (χ1n) is 8.87. The number of carbonyl (C=O) groups excluding carboxylic acids is 2. The molecule has 0 radical (unpaired) electrons. The molecule has 1 aromatic carbocycles. The second-order valence-corrected chi connectivity index (χ2v) is 8.01. The maximum absolute atomic E-state index is 12.7. The van der Waals surface area contributed by atoms with E-state index in [0.717, 1.165) is 5.56 Å². The minimum atomic E-state index is -0.188. The van der Waals surface area contributed by atoms with Crippen LogP contribution in [0.15, 0.2) is 23.1 Å². The molecule has 3 aliphatic rings. The fourth-order valence-corrected chi connectivity index (χ4v) is 4.28. The van der Waals surface area contributed by atoms with Crippen LogP contribution in [0.2, 0.25) is 0 Å². The van der Waals surface area contributed by atoms with Crippen LogP contribution in [0, 0.1) is 0 Å². The Balaban J connectivity index is 1.35. The Bertz CT molecular complexity index is 839. The van der Waals surface area contributed by atoms with Crippen molar-refractivity contribution in [3.8, 4) is 11.5 Å². The molecule has 0 bridgehead atoms. The SMILES string of the molecule is O=C(CCN1C(=O)/C(=C/c2ccc3c(c2)OCO3)SC1=S)NN1CCOCC1. The molecular formula is C18H19N3O5S2. The molecule has 8 nitrogen and oxygen atoms in total. The van der Waals surface area contributed by atoms with Crippen LogP contribution in [-0.2, 0) is 14.3 Å². The molecule has 0 spiro atoms. The summed E-state index contributed by atoms with van der Waals surface area (Å²) in [6.45, 7) is 2.96. The third-order valence-electron chi connectivity index (χ3n) is 4.42. The Morgan fingerprint density at radius 1 is 1.25 bits per heavy atom. The number of hydrogen-bond donors (Lipinski definition) is 1. The molecule has 28 heavy (non-hydrogen) atoms. The van der Waals surface area contributed by atoms with Crippen molar-refractivity contribution in [1.82, 2.24) is 15.3 Å². The molecule has 0 atom stereocenters. The van der Waals surface area contributed by atoms with Crippen LogP contribution >= 0.6 is 24.0 Å². The highest BCUT2D eigenvalue weighted by Gasteiger charge is 2.32. The zero-order chi connectivity index (χ0) is 19.5. The minimum Gasteiger partial charge on any atom is -0.454 e. The van der Waals surface area contributed by atoms with Crippen molar-refractivity contribution in [2.75, 3.05) is 39.6 Å². The second kappa shape index (κ2) is 8.48. The highest BCUT2D eigenvalue weighted by Crippen LogP contribution is 2.36. The number of morpholine rings is 1. The predicted molar refractivity (Wildman–Crippen MR) is 108 cm³/mol. The van der Waals surface area contributed by atoms with Gasteiger partial charge in [-0.05, 0) is 23.8 Å². The summed E-state index contributed by atoms with van der Waals surface area (Å²) in [6, 6.07) is 5.49. The van der Waals surface area contributed by atoms with Gasteiger partial charge in [-0.1, -0.05) is 30.0 Å². The van der Waals surface area contributed by atoms with E-state index in [1.807, 2.05) is 23.2 Å². The summed E-state index contributed by atoms with van der Waals surface area (Å²) >= 11 is 6.56. The van der Waals surface area contributed by atoms with E-state index < -0.39 is 0 Å². The number of nitrogens with zero attached hydrogens (tertiary/aromatic N) is 2. The zero-order valence-electron chi connectivity index (χ0n) is 15.0. The summed E-state index contributed by atoms with van der Waals surface area (Å²) < 4.78 is 16.4. The van der Waals surface area contributed by atoms with Gasteiger partial charge in [0.25, 0.3) is 5.91 Å². The molecule has 148 valence electrons. The fraction of sp³-hybridized carbons (Fsp3) is 0.389. The number of rotatable bonds is 5. The van der Waals surface area contributed by atoms with Gasteiger partial charge in [0.1, 0.15) is 4.32 Å². The van der Waals surface area contributed by atoms with E-state index in [9.17, 15) is 9.59 Å². The molecule has 0 aromatic heterocycles. The van der Waals surface area contributed by atoms with E-state index in [1.54, 1.807) is 6.08 Å². The van der Waals surface area contributed by atoms with Crippen molar-refractivity contribution in [3.05, 3.63) is 28.7 Å². The van der Waals surface area contributed by atoms with E-state index in [4.69, 9.17) is 26.4 Å². The van der Waals surface area contributed by atoms with Crippen LogP contribution < -0.4 is 14.9 Å². The van der Waals surface area contributed by atoms with E-state index in [2.05, 4.69) is 5.43 Å². The van der Waals surface area contributed by atoms with Gasteiger partial charge in [-0.15, -0.1) is 0 Å². The average molecular weight is 422 g/mol. The first kappa shape index (κ1) is 19.2. The van der Waals surface area contributed by atoms with Crippen LogP contribution in [0.4, 0.5) is 0 Å². The topological polar surface area (TPSA) is 80.3 Å². The molecule has 4 rings (SSSR count). The van der Waals surface area contributed by atoms with Crippen molar-refractivity contribution in [2.24, 2.45) is 0 Å². The van der Waals surface area contributed by atoms with Gasteiger partial charge in [-0.25, -0.2) is 5.01 Å². The van der Waals surface area contributed by atoms with Crippen LogP contribution in [0.1, 0.15) is 12.0 Å². The molecule has 3 heterocycles. The number of hydrazine groups is 1. The molecule has 1 N–H and O–H groups in total. The Morgan fingerprint density at radius 3 is 2.86 bits per heavy atom. The lowest BCUT2D eigenvalue weighted by Crippen LogP contribution is -2.49. The largest absolute Gasteiger partial charge is 0.454 e. The highest BCUT2D eigenvalue weighted by molar-refractivity contribution is 8.26.